The summed E-state index contributed by atoms with van der Waals surface area (Å²) in [6.45, 7) is 0.353. The summed E-state index contributed by atoms with van der Waals surface area (Å²) < 4.78 is 22.2. The molecule has 1 atom stereocenters. The van der Waals surface area contributed by atoms with Crippen molar-refractivity contribution in [2.75, 3.05) is 20.8 Å². The van der Waals surface area contributed by atoms with Gasteiger partial charge in [-0.3, -0.25) is 0 Å². The van der Waals surface area contributed by atoms with E-state index >= 15 is 0 Å². The van der Waals surface area contributed by atoms with Gasteiger partial charge in [0.15, 0.2) is 0 Å². The van der Waals surface area contributed by atoms with Gasteiger partial charge in [0, 0.05) is 18.2 Å². The first-order chi connectivity index (χ1) is 15.1. The van der Waals surface area contributed by atoms with Crippen LogP contribution in [0.25, 0.3) is 0 Å². The monoisotopic (exact) mass is 457 g/mol. The second-order valence-corrected chi connectivity index (χ2v) is 7.03. The summed E-state index contributed by atoms with van der Waals surface area (Å²) in [6.07, 6.45) is 0.649. The average molecular weight is 458 g/mol. The Balaban J connectivity index is 0.00000363. The number of nitrogens with two attached hydrogens (primary N) is 1. The molecule has 0 fully saturated rings. The van der Waals surface area contributed by atoms with Gasteiger partial charge in [0.05, 0.1) is 14.2 Å². The molecule has 0 saturated carbocycles. The fourth-order valence-electron chi connectivity index (χ4n) is 3.13. The van der Waals surface area contributed by atoms with Crippen molar-refractivity contribution in [3.05, 3.63) is 89.5 Å². The van der Waals surface area contributed by atoms with Crippen LogP contribution in [0.4, 0.5) is 0 Å². The molecule has 7 heteroatoms. The fourth-order valence-corrected chi connectivity index (χ4v) is 3.13. The van der Waals surface area contributed by atoms with Gasteiger partial charge in [0.25, 0.3) is 0 Å². The molecule has 0 heterocycles. The van der Waals surface area contributed by atoms with Crippen molar-refractivity contribution in [2.45, 2.75) is 19.1 Å². The van der Waals surface area contributed by atoms with Crippen LogP contribution < -0.4 is 19.9 Å². The molecule has 170 valence electrons. The van der Waals surface area contributed by atoms with Crippen LogP contribution in [0.2, 0.25) is 0 Å². The highest BCUT2D eigenvalue weighted by atomic mass is 35.5. The van der Waals surface area contributed by atoms with Crippen LogP contribution in [0.3, 0.4) is 0 Å². The number of benzene rings is 3. The molecule has 32 heavy (non-hydrogen) atoms. The molecule has 1 unspecified atom stereocenters. The highest BCUT2D eigenvalue weighted by Gasteiger charge is 2.23. The third-order valence-electron chi connectivity index (χ3n) is 4.71. The Bertz CT molecular complexity index is 982. The molecule has 0 aliphatic carbocycles. The fraction of sp³-hybridized carbons (Fsp3) is 0.240. The SMILES string of the molecule is COc1cc(OC)c(C(=O)OCc2ccccc2)c(OCC(N)Cc2ccccc2)c1.Cl. The summed E-state index contributed by atoms with van der Waals surface area (Å²) in [5, 5.41) is 0. The Labute approximate surface area is 194 Å². The molecule has 3 rings (SSSR count). The first-order valence-electron chi connectivity index (χ1n) is 10.00. The molecule has 0 spiro atoms. The van der Waals surface area contributed by atoms with Gasteiger partial charge in [0.1, 0.15) is 36.0 Å². The number of hydrogen-bond donors (Lipinski definition) is 1. The predicted molar refractivity (Wildman–Crippen MR) is 126 cm³/mol. The summed E-state index contributed by atoms with van der Waals surface area (Å²) >= 11 is 0. The molecular weight excluding hydrogens is 430 g/mol. The van der Waals surface area contributed by atoms with Crippen LogP contribution in [-0.4, -0.2) is 32.8 Å². The number of ether oxygens (including phenoxy) is 4. The van der Waals surface area contributed by atoms with Crippen molar-refractivity contribution in [1.82, 2.24) is 0 Å². The van der Waals surface area contributed by atoms with E-state index in [-0.39, 0.29) is 37.2 Å². The number of carbonyl (C=O) groups is 1. The molecule has 0 aromatic heterocycles. The zero-order valence-corrected chi connectivity index (χ0v) is 19.0. The van der Waals surface area contributed by atoms with E-state index in [0.717, 1.165) is 11.1 Å². The summed E-state index contributed by atoms with van der Waals surface area (Å²) in [6, 6.07) is 22.4. The van der Waals surface area contributed by atoms with E-state index in [4.69, 9.17) is 24.7 Å². The van der Waals surface area contributed by atoms with Crippen LogP contribution >= 0.6 is 12.4 Å². The van der Waals surface area contributed by atoms with Crippen molar-refractivity contribution < 1.29 is 23.7 Å². The van der Waals surface area contributed by atoms with E-state index in [9.17, 15) is 4.79 Å². The van der Waals surface area contributed by atoms with Gasteiger partial charge in [-0.05, 0) is 17.5 Å². The number of esters is 1. The van der Waals surface area contributed by atoms with E-state index in [0.29, 0.717) is 23.7 Å². The molecule has 0 bridgehead atoms. The van der Waals surface area contributed by atoms with Crippen LogP contribution in [0.1, 0.15) is 21.5 Å². The van der Waals surface area contributed by atoms with Crippen LogP contribution in [-0.2, 0) is 17.8 Å². The topological polar surface area (TPSA) is 80.0 Å². The zero-order chi connectivity index (χ0) is 22.1. The van der Waals surface area contributed by atoms with Gasteiger partial charge in [-0.2, -0.15) is 0 Å². The van der Waals surface area contributed by atoms with Gasteiger partial charge >= 0.3 is 5.97 Å². The highest BCUT2D eigenvalue weighted by Crippen LogP contribution is 2.35. The minimum atomic E-state index is -0.546. The van der Waals surface area contributed by atoms with Gasteiger partial charge < -0.3 is 24.7 Å². The summed E-state index contributed by atoms with van der Waals surface area (Å²) in [5.74, 6) is 0.569. The van der Waals surface area contributed by atoms with E-state index in [1.54, 1.807) is 12.1 Å². The summed E-state index contributed by atoms with van der Waals surface area (Å²) in [7, 11) is 3.01. The second kappa shape index (κ2) is 12.6. The quantitative estimate of drug-likeness (QED) is 0.453. The number of halogens is 1. The molecular formula is C25H28ClNO5. The second-order valence-electron chi connectivity index (χ2n) is 7.03. The smallest absolute Gasteiger partial charge is 0.346 e. The molecule has 0 saturated heterocycles. The number of methoxy groups -OCH3 is 2. The zero-order valence-electron chi connectivity index (χ0n) is 18.2. The maximum absolute atomic E-state index is 12.9. The largest absolute Gasteiger partial charge is 0.496 e. The van der Waals surface area contributed by atoms with Gasteiger partial charge in [-0.1, -0.05) is 60.7 Å². The molecule has 3 aromatic rings. The minimum absolute atomic E-state index is 0. The molecule has 0 radical (unpaired) electrons. The lowest BCUT2D eigenvalue weighted by molar-refractivity contribution is 0.0463. The third-order valence-corrected chi connectivity index (χ3v) is 4.71. The van der Waals surface area contributed by atoms with Gasteiger partial charge in [0.2, 0.25) is 0 Å². The highest BCUT2D eigenvalue weighted by molar-refractivity contribution is 5.96. The molecule has 6 nitrogen and oxygen atoms in total. The third kappa shape index (κ3) is 6.90. The Morgan fingerprint density at radius 3 is 2.06 bits per heavy atom. The number of rotatable bonds is 10. The van der Waals surface area contributed by atoms with Crippen molar-refractivity contribution >= 4 is 18.4 Å². The maximum Gasteiger partial charge on any atom is 0.346 e. The number of hydrogen-bond acceptors (Lipinski definition) is 6. The van der Waals surface area contributed by atoms with Gasteiger partial charge in [-0.15, -0.1) is 12.4 Å². The van der Waals surface area contributed by atoms with Crippen LogP contribution in [0, 0.1) is 0 Å². The van der Waals surface area contributed by atoms with Crippen molar-refractivity contribution in [3.8, 4) is 17.2 Å². The van der Waals surface area contributed by atoms with E-state index in [1.165, 1.54) is 14.2 Å². The van der Waals surface area contributed by atoms with E-state index in [2.05, 4.69) is 0 Å². The summed E-state index contributed by atoms with van der Waals surface area (Å²) in [5.41, 5.74) is 8.45. The first kappa shape index (κ1) is 25.0. The molecule has 0 amide bonds. The lowest BCUT2D eigenvalue weighted by atomic mass is 10.1. The Morgan fingerprint density at radius 2 is 1.47 bits per heavy atom. The number of carbonyl (C=O) groups excluding carboxylic acids is 1. The molecule has 0 aliphatic rings. The average Bonchev–Trinajstić information content (AvgIpc) is 2.81. The lowest BCUT2D eigenvalue weighted by Gasteiger charge is -2.18. The normalized spacial score (nSPS) is 11.1. The lowest BCUT2D eigenvalue weighted by Crippen LogP contribution is -2.30. The Hall–Kier alpha value is -3.22. The molecule has 0 aliphatic heterocycles. The maximum atomic E-state index is 12.9. The van der Waals surface area contributed by atoms with E-state index < -0.39 is 5.97 Å². The Kier molecular flexibility index (Phi) is 9.85. The van der Waals surface area contributed by atoms with E-state index in [1.807, 2.05) is 60.7 Å². The van der Waals surface area contributed by atoms with Crippen molar-refractivity contribution in [2.24, 2.45) is 5.73 Å². The predicted octanol–water partition coefficient (Wildman–Crippen LogP) is 4.43. The minimum Gasteiger partial charge on any atom is -0.496 e. The van der Waals surface area contributed by atoms with Crippen molar-refractivity contribution in [1.29, 1.82) is 0 Å². The van der Waals surface area contributed by atoms with Crippen LogP contribution in [0.15, 0.2) is 72.8 Å². The summed E-state index contributed by atoms with van der Waals surface area (Å²) in [4.78, 5) is 12.9. The molecule has 2 N–H and O–H groups in total. The van der Waals surface area contributed by atoms with Gasteiger partial charge in [-0.25, -0.2) is 4.79 Å². The van der Waals surface area contributed by atoms with Crippen molar-refractivity contribution in [3.63, 3.8) is 0 Å². The molecule has 3 aromatic carbocycles. The Morgan fingerprint density at radius 1 is 0.875 bits per heavy atom. The first-order valence-corrected chi connectivity index (χ1v) is 10.00. The standard InChI is InChI=1S/C25H27NO5.ClH/c1-28-21-14-22(29-2)24(25(27)31-16-19-11-7-4-8-12-19)23(15-21)30-17-20(26)13-18-9-5-3-6-10-18;/h3-12,14-15,20H,13,16-17,26H2,1-2H3;1H. The van der Waals surface area contributed by atoms with Crippen LogP contribution in [0.5, 0.6) is 17.2 Å².